The zero-order valence-corrected chi connectivity index (χ0v) is 18.7. The second-order valence-electron chi connectivity index (χ2n) is 7.79. The second-order valence-corrected chi connectivity index (χ2v) is 8.18. The first-order chi connectivity index (χ1) is 14.8. The highest BCUT2D eigenvalue weighted by atomic mass is 32.1. The van der Waals surface area contributed by atoms with E-state index in [2.05, 4.69) is 16.0 Å². The fourth-order valence-electron chi connectivity index (χ4n) is 3.84. The van der Waals surface area contributed by atoms with Crippen LogP contribution in [0.1, 0.15) is 28.1 Å². The van der Waals surface area contributed by atoms with Gasteiger partial charge < -0.3 is 4.57 Å². The van der Waals surface area contributed by atoms with E-state index in [4.69, 9.17) is 12.2 Å². The van der Waals surface area contributed by atoms with Gasteiger partial charge >= 0.3 is 0 Å². The molecule has 0 unspecified atom stereocenters. The highest BCUT2D eigenvalue weighted by molar-refractivity contribution is 7.80. The number of carbonyl (C=O) groups excluding carboxylic acids is 2. The summed E-state index contributed by atoms with van der Waals surface area (Å²) >= 11 is 5.28. The lowest BCUT2D eigenvalue weighted by atomic mass is 10.1. The number of thiocarbonyl (C=S) groups is 1. The number of amides is 2. The Morgan fingerprint density at radius 3 is 2.26 bits per heavy atom. The molecule has 1 aromatic heterocycles. The molecular weight excluding hydrogens is 406 g/mol. The van der Waals surface area contributed by atoms with Crippen molar-refractivity contribution in [2.75, 3.05) is 4.90 Å². The number of hydrogen-bond acceptors (Lipinski definition) is 3. The van der Waals surface area contributed by atoms with Crippen LogP contribution in [0.5, 0.6) is 0 Å². The number of carbonyl (C=O) groups is 2. The van der Waals surface area contributed by atoms with E-state index in [1.54, 1.807) is 6.08 Å². The minimum atomic E-state index is -0.487. The molecule has 5 nitrogen and oxygen atoms in total. The van der Waals surface area contributed by atoms with Crippen LogP contribution in [-0.2, 0) is 9.59 Å². The van der Waals surface area contributed by atoms with E-state index in [0.29, 0.717) is 5.69 Å². The smallest absolute Gasteiger partial charge is 0.270 e. The standard InChI is InChI=1S/C25H23N3O2S/c1-15-8-10-20(11-9-15)28-24(30)22(23(29)26-25(28)31)14-19-13-17(3)27(18(19)4)21-7-5-6-16(2)12-21/h5-14H,1-4H3,(H,26,29,31)/b22-14+. The van der Waals surface area contributed by atoms with Crippen molar-refractivity contribution in [2.24, 2.45) is 0 Å². The van der Waals surface area contributed by atoms with Crippen LogP contribution in [0.3, 0.4) is 0 Å². The first kappa shape index (κ1) is 20.8. The molecule has 0 saturated carbocycles. The van der Waals surface area contributed by atoms with Gasteiger partial charge in [0.15, 0.2) is 5.11 Å². The Balaban J connectivity index is 1.76. The molecule has 2 amide bonds. The summed E-state index contributed by atoms with van der Waals surface area (Å²) < 4.78 is 2.12. The molecule has 3 aromatic rings. The number of nitrogens with zero attached hydrogens (tertiary/aromatic N) is 2. The highest BCUT2D eigenvalue weighted by Gasteiger charge is 2.34. The maximum absolute atomic E-state index is 13.3. The van der Waals surface area contributed by atoms with Crippen LogP contribution in [0.15, 0.2) is 60.2 Å². The Morgan fingerprint density at radius 2 is 1.58 bits per heavy atom. The lowest BCUT2D eigenvalue weighted by Crippen LogP contribution is -2.54. The summed E-state index contributed by atoms with van der Waals surface area (Å²) in [6.07, 6.45) is 1.65. The Kier molecular flexibility index (Phi) is 5.33. The lowest BCUT2D eigenvalue weighted by Gasteiger charge is -2.29. The number of nitrogens with one attached hydrogen (secondary N) is 1. The third kappa shape index (κ3) is 3.82. The first-order valence-electron chi connectivity index (χ1n) is 10.0. The fraction of sp³-hybridized carbons (Fsp3) is 0.160. The molecule has 1 saturated heterocycles. The van der Waals surface area contributed by atoms with Gasteiger partial charge in [-0.2, -0.15) is 0 Å². The number of anilines is 1. The van der Waals surface area contributed by atoms with Gasteiger partial charge in [-0.1, -0.05) is 29.8 Å². The summed E-state index contributed by atoms with van der Waals surface area (Å²) in [6.45, 7) is 8.01. The van der Waals surface area contributed by atoms with Gasteiger partial charge in [0.05, 0.1) is 5.69 Å². The molecule has 1 fully saturated rings. The number of hydrogen-bond donors (Lipinski definition) is 1. The minimum Gasteiger partial charge on any atom is -0.318 e. The van der Waals surface area contributed by atoms with Crippen molar-refractivity contribution >= 4 is 40.9 Å². The van der Waals surface area contributed by atoms with Crippen LogP contribution in [0.25, 0.3) is 11.8 Å². The molecular formula is C25H23N3O2S. The zero-order valence-electron chi connectivity index (χ0n) is 17.9. The monoisotopic (exact) mass is 429 g/mol. The number of benzene rings is 2. The molecule has 0 atom stereocenters. The van der Waals surface area contributed by atoms with Crippen LogP contribution in [0.2, 0.25) is 0 Å². The van der Waals surface area contributed by atoms with Crippen LogP contribution in [0, 0.1) is 27.7 Å². The van der Waals surface area contributed by atoms with Crippen molar-refractivity contribution in [1.29, 1.82) is 0 Å². The predicted octanol–water partition coefficient (Wildman–Crippen LogP) is 4.54. The van der Waals surface area contributed by atoms with Crippen LogP contribution in [-0.4, -0.2) is 21.5 Å². The Bertz CT molecular complexity index is 1250. The number of aryl methyl sites for hydroxylation is 3. The molecule has 0 aliphatic carbocycles. The first-order valence-corrected chi connectivity index (χ1v) is 10.4. The van der Waals surface area contributed by atoms with E-state index in [9.17, 15) is 9.59 Å². The summed E-state index contributed by atoms with van der Waals surface area (Å²) in [5.74, 6) is -0.920. The average molecular weight is 430 g/mol. The summed E-state index contributed by atoms with van der Waals surface area (Å²) in [4.78, 5) is 27.3. The van der Waals surface area contributed by atoms with Crippen LogP contribution in [0.4, 0.5) is 5.69 Å². The molecule has 2 aromatic carbocycles. The third-order valence-electron chi connectivity index (χ3n) is 5.42. The van der Waals surface area contributed by atoms with Gasteiger partial charge in [-0.15, -0.1) is 0 Å². The Labute approximate surface area is 187 Å². The third-order valence-corrected chi connectivity index (χ3v) is 5.71. The van der Waals surface area contributed by atoms with Crippen molar-refractivity contribution in [3.8, 4) is 5.69 Å². The molecule has 156 valence electrons. The zero-order chi connectivity index (χ0) is 22.3. The maximum atomic E-state index is 13.3. The van der Waals surface area contributed by atoms with Gasteiger partial charge in [0.25, 0.3) is 11.8 Å². The molecule has 4 rings (SSSR count). The summed E-state index contributed by atoms with van der Waals surface area (Å²) in [5, 5.41) is 2.73. The molecule has 0 spiro atoms. The van der Waals surface area contributed by atoms with E-state index in [-0.39, 0.29) is 10.7 Å². The van der Waals surface area contributed by atoms with Crippen molar-refractivity contribution in [3.63, 3.8) is 0 Å². The quantitative estimate of drug-likeness (QED) is 0.378. The molecule has 2 heterocycles. The molecule has 6 heteroatoms. The van der Waals surface area contributed by atoms with Gasteiger partial charge in [-0.05, 0) is 87.4 Å². The summed E-state index contributed by atoms with van der Waals surface area (Å²) in [7, 11) is 0. The summed E-state index contributed by atoms with van der Waals surface area (Å²) in [5.41, 5.74) is 6.73. The van der Waals surface area contributed by atoms with Crippen LogP contribution < -0.4 is 10.2 Å². The minimum absolute atomic E-state index is 0.0543. The van der Waals surface area contributed by atoms with E-state index in [1.807, 2.05) is 76.2 Å². The Morgan fingerprint density at radius 1 is 0.871 bits per heavy atom. The van der Waals surface area contributed by atoms with Gasteiger partial charge in [-0.3, -0.25) is 19.8 Å². The van der Waals surface area contributed by atoms with Crippen molar-refractivity contribution in [2.45, 2.75) is 27.7 Å². The Hall–Kier alpha value is -3.51. The normalized spacial score (nSPS) is 15.5. The predicted molar refractivity (Wildman–Crippen MR) is 127 cm³/mol. The average Bonchev–Trinajstić information content (AvgIpc) is 2.99. The van der Waals surface area contributed by atoms with Crippen LogP contribution >= 0.6 is 12.2 Å². The number of rotatable bonds is 3. The van der Waals surface area contributed by atoms with E-state index in [1.165, 1.54) is 4.90 Å². The second kappa shape index (κ2) is 7.96. The molecule has 1 N–H and O–H groups in total. The maximum Gasteiger partial charge on any atom is 0.270 e. The van der Waals surface area contributed by atoms with E-state index < -0.39 is 11.8 Å². The van der Waals surface area contributed by atoms with E-state index >= 15 is 0 Å². The largest absolute Gasteiger partial charge is 0.318 e. The topological polar surface area (TPSA) is 54.3 Å². The molecule has 0 radical (unpaired) electrons. The van der Waals surface area contributed by atoms with Crippen molar-refractivity contribution < 1.29 is 9.59 Å². The summed E-state index contributed by atoms with van der Waals surface area (Å²) in [6, 6.07) is 17.6. The van der Waals surface area contributed by atoms with Gasteiger partial charge in [-0.25, -0.2) is 0 Å². The SMILES string of the molecule is Cc1ccc(N2C(=O)/C(=C/c3cc(C)n(-c4cccc(C)c4)c3C)C(=O)NC2=S)cc1. The molecule has 0 bridgehead atoms. The van der Waals surface area contributed by atoms with Crippen molar-refractivity contribution in [1.82, 2.24) is 9.88 Å². The van der Waals surface area contributed by atoms with Crippen molar-refractivity contribution in [3.05, 3.63) is 88.2 Å². The fourth-order valence-corrected chi connectivity index (χ4v) is 4.12. The molecule has 1 aliphatic heterocycles. The van der Waals surface area contributed by atoms with E-state index in [0.717, 1.165) is 33.8 Å². The van der Waals surface area contributed by atoms with Gasteiger partial charge in [0, 0.05) is 17.1 Å². The van der Waals surface area contributed by atoms with Gasteiger partial charge in [0.1, 0.15) is 5.57 Å². The molecule has 1 aliphatic rings. The molecule has 31 heavy (non-hydrogen) atoms. The lowest BCUT2D eigenvalue weighted by molar-refractivity contribution is -0.122. The van der Waals surface area contributed by atoms with Gasteiger partial charge in [0.2, 0.25) is 0 Å². The number of aromatic nitrogens is 1. The highest BCUT2D eigenvalue weighted by Crippen LogP contribution is 2.26.